The molecule has 0 unspecified atom stereocenters. The summed E-state index contributed by atoms with van der Waals surface area (Å²) in [6.07, 6.45) is 3.16. The fourth-order valence-electron chi connectivity index (χ4n) is 3.49. The van der Waals surface area contributed by atoms with Crippen LogP contribution in [0.5, 0.6) is 5.75 Å². The van der Waals surface area contributed by atoms with Gasteiger partial charge in [-0.3, -0.25) is 9.78 Å². The quantitative estimate of drug-likeness (QED) is 0.322. The Morgan fingerprint density at radius 3 is 2.47 bits per heavy atom. The van der Waals surface area contributed by atoms with Gasteiger partial charge in [0.1, 0.15) is 5.56 Å². The third kappa shape index (κ3) is 5.60. The van der Waals surface area contributed by atoms with E-state index in [1.165, 1.54) is 13.2 Å². The molecular weight excluding hydrogens is 605 g/mol. The standard InChI is InChI=1S/C24H23F2IN4O4S/c1-31(12-17-4-2-3-11-29-17)36(33,34)23-20(26)19(25)21(30-16-9-7-15(27)8-10-16)18(24(28)32)22(23)35-13-14-5-6-14/h2-4,7-11,14,30H,5-6,12-13H2,1H3,(H2,28,32). The summed E-state index contributed by atoms with van der Waals surface area (Å²) >= 11 is 2.08. The molecule has 0 spiro atoms. The molecule has 1 aliphatic carbocycles. The first-order valence-electron chi connectivity index (χ1n) is 11.0. The number of hydrogen-bond donors (Lipinski definition) is 2. The second-order valence-electron chi connectivity index (χ2n) is 8.37. The molecule has 1 heterocycles. The number of nitrogens with one attached hydrogen (secondary N) is 1. The van der Waals surface area contributed by atoms with Crippen LogP contribution in [0.25, 0.3) is 0 Å². The van der Waals surface area contributed by atoms with Crippen molar-refractivity contribution in [3.05, 3.63) is 75.1 Å². The molecule has 36 heavy (non-hydrogen) atoms. The maximum atomic E-state index is 15.6. The van der Waals surface area contributed by atoms with Crippen molar-refractivity contribution in [2.75, 3.05) is 19.0 Å². The number of hydrogen-bond acceptors (Lipinski definition) is 6. The molecule has 1 saturated carbocycles. The van der Waals surface area contributed by atoms with E-state index in [9.17, 15) is 13.2 Å². The maximum absolute atomic E-state index is 15.6. The maximum Gasteiger partial charge on any atom is 0.254 e. The van der Waals surface area contributed by atoms with E-state index in [0.717, 1.165) is 20.7 Å². The smallest absolute Gasteiger partial charge is 0.254 e. The molecule has 0 saturated heterocycles. The van der Waals surface area contributed by atoms with Crippen molar-refractivity contribution in [1.29, 1.82) is 0 Å². The van der Waals surface area contributed by atoms with Crippen molar-refractivity contribution in [2.45, 2.75) is 24.3 Å². The second-order valence-corrected chi connectivity index (χ2v) is 11.6. The number of carbonyl (C=O) groups is 1. The van der Waals surface area contributed by atoms with Crippen molar-refractivity contribution in [1.82, 2.24) is 9.29 Å². The van der Waals surface area contributed by atoms with E-state index in [1.54, 1.807) is 42.5 Å². The lowest BCUT2D eigenvalue weighted by atomic mass is 10.1. The number of anilines is 2. The number of primary amides is 1. The van der Waals surface area contributed by atoms with Gasteiger partial charge < -0.3 is 15.8 Å². The Morgan fingerprint density at radius 1 is 1.19 bits per heavy atom. The number of nitrogens with zero attached hydrogens (tertiary/aromatic N) is 2. The van der Waals surface area contributed by atoms with E-state index in [0.29, 0.717) is 11.4 Å². The predicted octanol–water partition coefficient (Wildman–Crippen LogP) is 4.42. The molecule has 190 valence electrons. The van der Waals surface area contributed by atoms with Gasteiger partial charge in [-0.2, -0.15) is 4.31 Å². The highest BCUT2D eigenvalue weighted by Crippen LogP contribution is 2.42. The molecule has 0 aliphatic heterocycles. The lowest BCUT2D eigenvalue weighted by Gasteiger charge is -2.23. The Kier molecular flexibility index (Phi) is 7.76. The van der Waals surface area contributed by atoms with Gasteiger partial charge in [0.25, 0.3) is 5.91 Å². The first-order chi connectivity index (χ1) is 17.1. The SMILES string of the molecule is CN(Cc1ccccn1)S(=O)(=O)c1c(F)c(F)c(Nc2ccc(I)cc2)c(C(N)=O)c1OCC1CC1. The minimum Gasteiger partial charge on any atom is -0.491 e. The summed E-state index contributed by atoms with van der Waals surface area (Å²) in [6, 6.07) is 11.6. The Labute approximate surface area is 221 Å². The summed E-state index contributed by atoms with van der Waals surface area (Å²) < 4.78 is 65.5. The molecule has 1 amide bonds. The molecule has 1 fully saturated rings. The number of pyridine rings is 1. The number of sulfonamides is 1. The first-order valence-corrected chi connectivity index (χ1v) is 13.5. The average molecular weight is 628 g/mol. The van der Waals surface area contributed by atoms with Crippen LogP contribution >= 0.6 is 22.6 Å². The Bertz CT molecular complexity index is 1390. The summed E-state index contributed by atoms with van der Waals surface area (Å²) in [7, 11) is -3.48. The van der Waals surface area contributed by atoms with Crippen LogP contribution in [0.2, 0.25) is 0 Å². The number of aromatic nitrogens is 1. The van der Waals surface area contributed by atoms with Crippen LogP contribution in [0.15, 0.2) is 53.6 Å². The Balaban J connectivity index is 1.86. The minimum atomic E-state index is -4.68. The summed E-state index contributed by atoms with van der Waals surface area (Å²) in [6.45, 7) is -0.193. The van der Waals surface area contributed by atoms with Crippen LogP contribution in [0.3, 0.4) is 0 Å². The van der Waals surface area contributed by atoms with E-state index in [2.05, 4.69) is 32.9 Å². The van der Waals surface area contributed by atoms with Crippen LogP contribution < -0.4 is 15.8 Å². The van der Waals surface area contributed by atoms with Crippen molar-refractivity contribution >= 4 is 49.9 Å². The van der Waals surface area contributed by atoms with Gasteiger partial charge in [-0.1, -0.05) is 6.07 Å². The zero-order valence-electron chi connectivity index (χ0n) is 19.2. The Morgan fingerprint density at radius 2 is 1.89 bits per heavy atom. The number of nitrogens with two attached hydrogens (primary N) is 1. The molecule has 0 bridgehead atoms. The van der Waals surface area contributed by atoms with E-state index in [4.69, 9.17) is 10.5 Å². The predicted molar refractivity (Wildman–Crippen MR) is 138 cm³/mol. The van der Waals surface area contributed by atoms with E-state index in [-0.39, 0.29) is 19.1 Å². The van der Waals surface area contributed by atoms with Gasteiger partial charge in [0.15, 0.2) is 22.3 Å². The van der Waals surface area contributed by atoms with E-state index < -0.39 is 49.5 Å². The van der Waals surface area contributed by atoms with Crippen molar-refractivity contribution in [3.8, 4) is 5.75 Å². The molecule has 8 nitrogen and oxygen atoms in total. The topological polar surface area (TPSA) is 115 Å². The zero-order chi connectivity index (χ0) is 26.0. The highest BCUT2D eigenvalue weighted by atomic mass is 127. The fraction of sp³-hybridized carbons (Fsp3) is 0.250. The van der Waals surface area contributed by atoms with Crippen LogP contribution in [0, 0.1) is 21.1 Å². The first kappa shape index (κ1) is 26.2. The number of benzene rings is 2. The van der Waals surface area contributed by atoms with Gasteiger partial charge in [0.05, 0.1) is 24.5 Å². The monoisotopic (exact) mass is 628 g/mol. The van der Waals surface area contributed by atoms with Crippen LogP contribution in [-0.4, -0.2) is 37.3 Å². The number of amides is 1. The molecule has 0 radical (unpaired) electrons. The normalized spacial score (nSPS) is 13.6. The molecule has 3 aromatic rings. The lowest BCUT2D eigenvalue weighted by Crippen LogP contribution is -2.30. The second kappa shape index (κ2) is 10.6. The Hall–Kier alpha value is -2.84. The van der Waals surface area contributed by atoms with Gasteiger partial charge in [-0.25, -0.2) is 17.2 Å². The van der Waals surface area contributed by atoms with Crippen molar-refractivity contribution in [2.24, 2.45) is 11.7 Å². The molecular formula is C24H23F2IN4O4S. The van der Waals surface area contributed by atoms with Crippen LogP contribution in [0.1, 0.15) is 28.9 Å². The van der Waals surface area contributed by atoms with Crippen molar-refractivity contribution in [3.63, 3.8) is 0 Å². The summed E-state index contributed by atoms with van der Waals surface area (Å²) in [5.41, 5.74) is 5.12. The largest absolute Gasteiger partial charge is 0.491 e. The van der Waals surface area contributed by atoms with Crippen molar-refractivity contribution < 1.29 is 26.7 Å². The van der Waals surface area contributed by atoms with E-state index >= 15 is 8.78 Å². The summed E-state index contributed by atoms with van der Waals surface area (Å²) in [5.74, 6) is -4.91. The zero-order valence-corrected chi connectivity index (χ0v) is 22.1. The summed E-state index contributed by atoms with van der Waals surface area (Å²) in [5, 5.41) is 2.66. The summed E-state index contributed by atoms with van der Waals surface area (Å²) in [4.78, 5) is 15.5. The van der Waals surface area contributed by atoms with Crippen LogP contribution in [0.4, 0.5) is 20.2 Å². The third-order valence-corrected chi connectivity index (χ3v) is 8.14. The highest BCUT2D eigenvalue weighted by molar-refractivity contribution is 14.1. The molecule has 0 atom stereocenters. The molecule has 1 aromatic heterocycles. The van der Waals surface area contributed by atoms with Gasteiger partial charge in [0, 0.05) is 22.5 Å². The molecule has 1 aliphatic rings. The number of carbonyl (C=O) groups excluding carboxylic acids is 1. The number of rotatable bonds is 10. The lowest BCUT2D eigenvalue weighted by molar-refractivity contribution is 0.0995. The van der Waals surface area contributed by atoms with Gasteiger partial charge >= 0.3 is 0 Å². The number of halogens is 3. The fourth-order valence-corrected chi connectivity index (χ4v) is 5.18. The van der Waals surface area contributed by atoms with Crippen LogP contribution in [-0.2, 0) is 16.6 Å². The van der Waals surface area contributed by atoms with E-state index in [1.807, 2.05) is 0 Å². The molecule has 2 aromatic carbocycles. The minimum absolute atomic E-state index is 0.0286. The van der Waals surface area contributed by atoms with Gasteiger partial charge in [-0.05, 0) is 77.7 Å². The molecule has 3 N–H and O–H groups in total. The third-order valence-electron chi connectivity index (χ3n) is 5.59. The van der Waals surface area contributed by atoms with Gasteiger partial charge in [0.2, 0.25) is 10.0 Å². The average Bonchev–Trinajstić information content (AvgIpc) is 3.67. The number of ether oxygens (including phenoxy) is 1. The molecule has 4 rings (SSSR count). The van der Waals surface area contributed by atoms with Gasteiger partial charge in [-0.15, -0.1) is 0 Å². The highest BCUT2D eigenvalue weighted by Gasteiger charge is 2.38. The molecule has 12 heteroatoms.